The van der Waals surface area contributed by atoms with Gasteiger partial charge in [0, 0.05) is 12.2 Å². The molecule has 4 nitrogen and oxygen atoms in total. The van der Waals surface area contributed by atoms with E-state index >= 15 is 0 Å². The third kappa shape index (κ3) is 4.30. The zero-order chi connectivity index (χ0) is 15.1. The summed E-state index contributed by atoms with van der Waals surface area (Å²) in [6, 6.07) is 3.64. The van der Waals surface area contributed by atoms with E-state index in [1.54, 1.807) is 18.3 Å². The van der Waals surface area contributed by atoms with E-state index in [0.29, 0.717) is 17.2 Å². The Kier molecular flexibility index (Phi) is 5.77. The Hall–Kier alpha value is -1.86. The average Bonchev–Trinajstić information content (AvgIpc) is 2.54. The molecule has 0 aliphatic heterocycles. The highest BCUT2D eigenvalue weighted by molar-refractivity contribution is 5.94. The molecule has 2 rings (SSSR count). The van der Waals surface area contributed by atoms with Crippen molar-refractivity contribution in [2.75, 3.05) is 6.61 Å². The van der Waals surface area contributed by atoms with E-state index in [0.717, 1.165) is 0 Å². The number of nitrogens with one attached hydrogen (secondary N) is 1. The first-order valence-electron chi connectivity index (χ1n) is 7.58. The number of hydrogen-bond donors (Lipinski definition) is 2. The summed E-state index contributed by atoms with van der Waals surface area (Å²) in [5.41, 5.74) is 0.890. The van der Waals surface area contributed by atoms with Gasteiger partial charge in [-0.1, -0.05) is 31.1 Å². The zero-order valence-corrected chi connectivity index (χ0v) is 12.4. The molecule has 1 fully saturated rings. The number of nitrogens with zero attached hydrogens (tertiary/aromatic N) is 1. The van der Waals surface area contributed by atoms with Crippen LogP contribution >= 0.6 is 0 Å². The maximum absolute atomic E-state index is 12.4. The molecule has 1 saturated carbocycles. The average molecular weight is 286 g/mol. The van der Waals surface area contributed by atoms with Crippen LogP contribution in [0.5, 0.6) is 0 Å². The van der Waals surface area contributed by atoms with Gasteiger partial charge in [-0.15, -0.1) is 0 Å². The van der Waals surface area contributed by atoms with Crippen LogP contribution in [-0.2, 0) is 0 Å². The highest BCUT2D eigenvalue weighted by Crippen LogP contribution is 2.26. The topological polar surface area (TPSA) is 62.2 Å². The summed E-state index contributed by atoms with van der Waals surface area (Å²) in [7, 11) is 0. The lowest BCUT2D eigenvalue weighted by molar-refractivity contribution is 0.0914. The number of amides is 1. The molecule has 0 bridgehead atoms. The summed E-state index contributed by atoms with van der Waals surface area (Å²) in [5, 5.41) is 11.8. The standard InChI is InChI=1S/C17H22N2O2/c1-13(14-7-3-2-4-8-14)19-17(21)16-15(10-6-12-20)9-5-11-18-16/h5,9,11,13-14,20H,2-4,7-8,12H2,1H3,(H,19,21). The molecular weight excluding hydrogens is 264 g/mol. The van der Waals surface area contributed by atoms with Crippen LogP contribution in [0.2, 0.25) is 0 Å². The van der Waals surface area contributed by atoms with Crippen molar-refractivity contribution >= 4 is 5.91 Å². The van der Waals surface area contributed by atoms with Crippen LogP contribution in [-0.4, -0.2) is 28.6 Å². The van der Waals surface area contributed by atoms with Gasteiger partial charge in [0.1, 0.15) is 12.3 Å². The lowest BCUT2D eigenvalue weighted by atomic mass is 9.84. The van der Waals surface area contributed by atoms with Crippen LogP contribution in [0.4, 0.5) is 0 Å². The van der Waals surface area contributed by atoms with E-state index in [1.165, 1.54) is 32.1 Å². The van der Waals surface area contributed by atoms with Gasteiger partial charge in [0.2, 0.25) is 0 Å². The predicted octanol–water partition coefficient (Wildman–Crippen LogP) is 2.12. The quantitative estimate of drug-likeness (QED) is 0.837. The molecule has 0 aromatic carbocycles. The van der Waals surface area contributed by atoms with Crippen molar-refractivity contribution in [2.24, 2.45) is 5.92 Å². The van der Waals surface area contributed by atoms with Gasteiger partial charge in [0.15, 0.2) is 0 Å². The molecule has 0 saturated heterocycles. The van der Waals surface area contributed by atoms with Gasteiger partial charge in [-0.2, -0.15) is 0 Å². The predicted molar refractivity (Wildman–Crippen MR) is 81.7 cm³/mol. The second-order valence-corrected chi connectivity index (χ2v) is 5.52. The van der Waals surface area contributed by atoms with Crippen LogP contribution in [0, 0.1) is 17.8 Å². The second kappa shape index (κ2) is 7.80. The van der Waals surface area contributed by atoms with Gasteiger partial charge in [-0.05, 0) is 37.8 Å². The summed E-state index contributed by atoms with van der Waals surface area (Å²) in [6.45, 7) is 1.84. The maximum atomic E-state index is 12.4. The first-order chi connectivity index (χ1) is 10.2. The molecule has 0 radical (unpaired) electrons. The SMILES string of the molecule is CC(NC(=O)c1ncccc1C#CCO)C1CCCCC1. The monoisotopic (exact) mass is 286 g/mol. The Labute approximate surface area is 126 Å². The normalized spacial score (nSPS) is 16.7. The highest BCUT2D eigenvalue weighted by Gasteiger charge is 2.22. The molecule has 1 aliphatic rings. The smallest absolute Gasteiger partial charge is 0.271 e. The first kappa shape index (κ1) is 15.5. The van der Waals surface area contributed by atoms with Gasteiger partial charge < -0.3 is 10.4 Å². The third-order valence-corrected chi connectivity index (χ3v) is 4.04. The van der Waals surface area contributed by atoms with Crippen molar-refractivity contribution in [3.8, 4) is 11.8 Å². The largest absolute Gasteiger partial charge is 0.384 e. The van der Waals surface area contributed by atoms with Gasteiger partial charge in [0.25, 0.3) is 5.91 Å². The molecule has 4 heteroatoms. The molecule has 112 valence electrons. The number of pyridine rings is 1. The van der Waals surface area contributed by atoms with E-state index in [9.17, 15) is 4.79 Å². The number of carbonyl (C=O) groups excluding carboxylic acids is 1. The van der Waals surface area contributed by atoms with Crippen molar-refractivity contribution in [1.29, 1.82) is 0 Å². The molecule has 21 heavy (non-hydrogen) atoms. The number of aliphatic hydroxyl groups is 1. The first-order valence-corrected chi connectivity index (χ1v) is 7.58. The molecule has 0 spiro atoms. The van der Waals surface area contributed by atoms with Gasteiger partial charge in [-0.3, -0.25) is 4.79 Å². The van der Waals surface area contributed by atoms with E-state index in [4.69, 9.17) is 5.11 Å². The number of rotatable bonds is 3. The van der Waals surface area contributed by atoms with Gasteiger partial charge in [0.05, 0.1) is 5.56 Å². The number of hydrogen-bond acceptors (Lipinski definition) is 3. The van der Waals surface area contributed by atoms with Crippen LogP contribution in [0.25, 0.3) is 0 Å². The third-order valence-electron chi connectivity index (χ3n) is 4.04. The molecule has 1 atom stereocenters. The van der Waals surface area contributed by atoms with Crippen LogP contribution < -0.4 is 5.32 Å². The molecular formula is C17H22N2O2. The summed E-state index contributed by atoms with van der Waals surface area (Å²) < 4.78 is 0. The van der Waals surface area contributed by atoms with Crippen molar-refractivity contribution in [3.63, 3.8) is 0 Å². The molecule has 2 N–H and O–H groups in total. The molecule has 1 aliphatic carbocycles. The van der Waals surface area contributed by atoms with Crippen molar-refractivity contribution in [1.82, 2.24) is 10.3 Å². The van der Waals surface area contributed by atoms with E-state index in [1.807, 2.05) is 0 Å². The summed E-state index contributed by atoms with van der Waals surface area (Å²) in [4.78, 5) is 16.5. The van der Waals surface area contributed by atoms with Crippen molar-refractivity contribution < 1.29 is 9.90 Å². The van der Waals surface area contributed by atoms with Crippen LogP contribution in [0.1, 0.15) is 55.1 Å². The summed E-state index contributed by atoms with van der Waals surface area (Å²) in [6.07, 6.45) is 7.76. The molecule has 1 unspecified atom stereocenters. The van der Waals surface area contributed by atoms with E-state index < -0.39 is 0 Å². The number of carbonyl (C=O) groups is 1. The molecule has 1 amide bonds. The lowest BCUT2D eigenvalue weighted by Gasteiger charge is -2.28. The highest BCUT2D eigenvalue weighted by atomic mass is 16.2. The number of aromatic nitrogens is 1. The number of aliphatic hydroxyl groups excluding tert-OH is 1. The Morgan fingerprint density at radius 3 is 2.95 bits per heavy atom. The minimum atomic E-state index is -0.228. The second-order valence-electron chi connectivity index (χ2n) is 5.52. The Bertz CT molecular complexity index is 539. The molecule has 1 aromatic heterocycles. The van der Waals surface area contributed by atoms with Crippen LogP contribution in [0.15, 0.2) is 18.3 Å². The Morgan fingerprint density at radius 1 is 1.48 bits per heavy atom. The minimum absolute atomic E-state index is 0.151. The van der Waals surface area contributed by atoms with Crippen molar-refractivity contribution in [3.05, 3.63) is 29.6 Å². The van der Waals surface area contributed by atoms with Crippen molar-refractivity contribution in [2.45, 2.75) is 45.1 Å². The Morgan fingerprint density at radius 2 is 2.24 bits per heavy atom. The summed E-state index contributed by atoms with van der Waals surface area (Å²) >= 11 is 0. The lowest BCUT2D eigenvalue weighted by Crippen LogP contribution is -2.39. The van der Waals surface area contributed by atoms with Gasteiger partial charge in [-0.25, -0.2) is 4.98 Å². The molecule has 1 aromatic rings. The Balaban J connectivity index is 2.05. The fraction of sp³-hybridized carbons (Fsp3) is 0.529. The fourth-order valence-corrected chi connectivity index (χ4v) is 2.85. The van der Waals surface area contributed by atoms with Crippen LogP contribution in [0.3, 0.4) is 0 Å². The van der Waals surface area contributed by atoms with E-state index in [2.05, 4.69) is 29.1 Å². The fourth-order valence-electron chi connectivity index (χ4n) is 2.85. The van der Waals surface area contributed by atoms with E-state index in [-0.39, 0.29) is 18.6 Å². The zero-order valence-electron chi connectivity index (χ0n) is 12.4. The maximum Gasteiger partial charge on any atom is 0.271 e. The van der Waals surface area contributed by atoms with Gasteiger partial charge >= 0.3 is 0 Å². The minimum Gasteiger partial charge on any atom is -0.384 e. The summed E-state index contributed by atoms with van der Waals surface area (Å²) in [5.74, 6) is 5.71. The molecule has 1 heterocycles.